The van der Waals surface area contributed by atoms with Crippen molar-refractivity contribution in [1.82, 2.24) is 9.36 Å². The summed E-state index contributed by atoms with van der Waals surface area (Å²) in [6, 6.07) is 3.96. The van der Waals surface area contributed by atoms with Gasteiger partial charge in [0.2, 0.25) is 0 Å². The maximum absolute atomic E-state index is 5.86. The van der Waals surface area contributed by atoms with Crippen LogP contribution in [0.15, 0.2) is 24.5 Å². The Morgan fingerprint density at radius 2 is 2.26 bits per heavy atom. The van der Waals surface area contributed by atoms with Crippen LogP contribution in [0.4, 0.5) is 10.8 Å². The van der Waals surface area contributed by atoms with E-state index in [4.69, 9.17) is 10.5 Å². The van der Waals surface area contributed by atoms with Gasteiger partial charge in [-0.3, -0.25) is 4.98 Å². The maximum Gasteiger partial charge on any atom is 0.198 e. The Hall–Kier alpha value is -1.82. The van der Waals surface area contributed by atoms with Gasteiger partial charge in [-0.25, -0.2) is 0 Å². The van der Waals surface area contributed by atoms with Crippen LogP contribution in [0.5, 0.6) is 5.75 Å². The monoisotopic (exact) mass is 278 g/mol. The molecule has 6 heteroatoms. The third-order valence-electron chi connectivity index (χ3n) is 2.50. The zero-order valence-electron chi connectivity index (χ0n) is 11.3. The van der Waals surface area contributed by atoms with E-state index in [9.17, 15) is 0 Å². The predicted molar refractivity (Wildman–Crippen MR) is 78.6 cm³/mol. The smallest absolute Gasteiger partial charge is 0.198 e. The SMILES string of the molecule is CC(C)Oc1c(N)nsc1N(C)Cc1cccnc1. The van der Waals surface area contributed by atoms with Crippen LogP contribution in [0.2, 0.25) is 0 Å². The Morgan fingerprint density at radius 1 is 1.47 bits per heavy atom. The molecule has 0 aliphatic carbocycles. The molecule has 0 radical (unpaired) electrons. The highest BCUT2D eigenvalue weighted by Gasteiger charge is 2.18. The second kappa shape index (κ2) is 5.88. The van der Waals surface area contributed by atoms with Crippen molar-refractivity contribution in [3.63, 3.8) is 0 Å². The molecule has 0 saturated carbocycles. The lowest BCUT2D eigenvalue weighted by atomic mass is 10.3. The van der Waals surface area contributed by atoms with Gasteiger partial charge >= 0.3 is 0 Å². The van der Waals surface area contributed by atoms with Crippen LogP contribution in [0.3, 0.4) is 0 Å². The average Bonchev–Trinajstić information content (AvgIpc) is 2.72. The summed E-state index contributed by atoms with van der Waals surface area (Å²) in [4.78, 5) is 6.18. The molecule has 19 heavy (non-hydrogen) atoms. The lowest BCUT2D eigenvalue weighted by Gasteiger charge is -2.19. The number of hydrogen-bond donors (Lipinski definition) is 1. The Balaban J connectivity index is 2.17. The predicted octanol–water partition coefficient (Wildman–Crippen LogP) is 2.54. The van der Waals surface area contributed by atoms with Crippen LogP contribution in [-0.4, -0.2) is 22.5 Å². The Morgan fingerprint density at radius 3 is 2.89 bits per heavy atom. The van der Waals surface area contributed by atoms with Crippen molar-refractivity contribution in [1.29, 1.82) is 0 Å². The molecule has 2 aromatic heterocycles. The van der Waals surface area contributed by atoms with Crippen molar-refractivity contribution in [2.24, 2.45) is 0 Å². The molecule has 0 fully saturated rings. The highest BCUT2D eigenvalue weighted by atomic mass is 32.1. The first kappa shape index (κ1) is 13.6. The van der Waals surface area contributed by atoms with E-state index < -0.39 is 0 Å². The van der Waals surface area contributed by atoms with Crippen LogP contribution in [0, 0.1) is 0 Å². The van der Waals surface area contributed by atoms with Crippen molar-refractivity contribution in [2.75, 3.05) is 17.7 Å². The lowest BCUT2D eigenvalue weighted by molar-refractivity contribution is 0.245. The number of aromatic nitrogens is 2. The topological polar surface area (TPSA) is 64.3 Å². The standard InChI is InChI=1S/C13H18N4OS/c1-9(2)18-11-12(14)16-19-13(11)17(3)8-10-5-4-6-15-7-10/h4-7,9H,8H2,1-3H3,(H2,14,16). The van der Waals surface area contributed by atoms with Gasteiger partial charge in [-0.15, -0.1) is 0 Å². The molecule has 0 saturated heterocycles. The normalized spacial score (nSPS) is 10.7. The lowest BCUT2D eigenvalue weighted by Crippen LogP contribution is -2.17. The minimum absolute atomic E-state index is 0.0734. The number of ether oxygens (including phenoxy) is 1. The molecule has 0 aliphatic heterocycles. The molecule has 0 aromatic carbocycles. The third-order valence-corrected chi connectivity index (χ3v) is 3.46. The highest BCUT2D eigenvalue weighted by Crippen LogP contribution is 2.38. The minimum Gasteiger partial charge on any atom is -0.484 e. The quantitative estimate of drug-likeness (QED) is 0.910. The Bertz CT molecular complexity index is 527. The molecule has 2 aromatic rings. The average molecular weight is 278 g/mol. The summed E-state index contributed by atoms with van der Waals surface area (Å²) >= 11 is 1.35. The molecule has 5 nitrogen and oxygen atoms in total. The van der Waals surface area contributed by atoms with E-state index in [1.165, 1.54) is 11.5 Å². The summed E-state index contributed by atoms with van der Waals surface area (Å²) < 4.78 is 9.91. The molecule has 2 heterocycles. The molecular formula is C13H18N4OS. The van der Waals surface area contributed by atoms with Crippen LogP contribution < -0.4 is 15.4 Å². The molecular weight excluding hydrogens is 260 g/mol. The molecule has 0 atom stereocenters. The number of nitrogens with zero attached hydrogens (tertiary/aromatic N) is 3. The Labute approximate surface area is 117 Å². The second-order valence-corrected chi connectivity index (χ2v) is 5.34. The van der Waals surface area contributed by atoms with Gasteiger partial charge in [0.05, 0.1) is 6.10 Å². The van der Waals surface area contributed by atoms with Gasteiger partial charge in [0.25, 0.3) is 0 Å². The van der Waals surface area contributed by atoms with E-state index in [0.29, 0.717) is 11.6 Å². The molecule has 0 unspecified atom stereocenters. The summed E-state index contributed by atoms with van der Waals surface area (Å²) in [5, 5.41) is 0.940. The fraction of sp³-hybridized carbons (Fsp3) is 0.385. The number of nitrogen functional groups attached to an aromatic ring is 1. The molecule has 0 amide bonds. The van der Waals surface area contributed by atoms with E-state index in [0.717, 1.165) is 17.1 Å². The van der Waals surface area contributed by atoms with Crippen molar-refractivity contribution in [3.8, 4) is 5.75 Å². The van der Waals surface area contributed by atoms with Crippen LogP contribution in [0.25, 0.3) is 0 Å². The van der Waals surface area contributed by atoms with Crippen molar-refractivity contribution in [3.05, 3.63) is 30.1 Å². The van der Waals surface area contributed by atoms with Gasteiger partial charge in [-0.05, 0) is 37.0 Å². The molecule has 102 valence electrons. The van der Waals surface area contributed by atoms with Gasteiger partial charge in [-0.2, -0.15) is 4.37 Å². The highest BCUT2D eigenvalue weighted by molar-refractivity contribution is 7.11. The first-order valence-corrected chi connectivity index (χ1v) is 6.87. The first-order valence-electron chi connectivity index (χ1n) is 6.09. The van der Waals surface area contributed by atoms with Gasteiger partial charge in [0.1, 0.15) is 0 Å². The summed E-state index contributed by atoms with van der Waals surface area (Å²) in [5.41, 5.74) is 6.99. The number of rotatable bonds is 5. The van der Waals surface area contributed by atoms with Gasteiger partial charge in [-0.1, -0.05) is 6.07 Å². The molecule has 0 spiro atoms. The third kappa shape index (κ3) is 3.35. The van der Waals surface area contributed by atoms with Crippen LogP contribution in [-0.2, 0) is 6.54 Å². The van der Waals surface area contributed by atoms with Crippen molar-refractivity contribution in [2.45, 2.75) is 26.5 Å². The van der Waals surface area contributed by atoms with E-state index in [-0.39, 0.29) is 6.10 Å². The number of anilines is 2. The maximum atomic E-state index is 5.86. The second-order valence-electron chi connectivity index (χ2n) is 4.59. The van der Waals surface area contributed by atoms with Crippen LogP contribution in [0.1, 0.15) is 19.4 Å². The fourth-order valence-corrected chi connectivity index (χ4v) is 2.42. The van der Waals surface area contributed by atoms with Crippen molar-refractivity contribution < 1.29 is 4.74 Å². The van der Waals surface area contributed by atoms with E-state index in [1.54, 1.807) is 6.20 Å². The largest absolute Gasteiger partial charge is 0.484 e. The summed E-state index contributed by atoms with van der Waals surface area (Å²) in [6.45, 7) is 4.69. The van der Waals surface area contributed by atoms with Gasteiger partial charge in [0, 0.05) is 26.0 Å². The Kier molecular flexibility index (Phi) is 4.21. The van der Waals surface area contributed by atoms with Gasteiger partial charge in [0.15, 0.2) is 16.6 Å². The van der Waals surface area contributed by atoms with E-state index >= 15 is 0 Å². The zero-order chi connectivity index (χ0) is 13.8. The minimum atomic E-state index is 0.0734. The number of hydrogen-bond acceptors (Lipinski definition) is 6. The number of pyridine rings is 1. The number of nitrogens with two attached hydrogens (primary N) is 1. The van der Waals surface area contributed by atoms with E-state index in [2.05, 4.69) is 14.3 Å². The van der Waals surface area contributed by atoms with Crippen LogP contribution >= 0.6 is 11.5 Å². The fourth-order valence-electron chi connectivity index (χ4n) is 1.71. The summed E-state index contributed by atoms with van der Waals surface area (Å²) in [6.07, 6.45) is 3.69. The molecule has 2 N–H and O–H groups in total. The van der Waals surface area contributed by atoms with Crippen molar-refractivity contribution >= 4 is 22.4 Å². The molecule has 0 bridgehead atoms. The summed E-state index contributed by atoms with van der Waals surface area (Å²) in [5.74, 6) is 1.12. The first-order chi connectivity index (χ1) is 9.08. The zero-order valence-corrected chi connectivity index (χ0v) is 12.1. The van der Waals surface area contributed by atoms with E-state index in [1.807, 2.05) is 39.2 Å². The molecule has 2 rings (SSSR count). The summed E-state index contributed by atoms with van der Waals surface area (Å²) in [7, 11) is 1.99. The molecule has 0 aliphatic rings. The van der Waals surface area contributed by atoms with Gasteiger partial charge < -0.3 is 15.4 Å².